The molecule has 19 heavy (non-hydrogen) atoms. The van der Waals surface area contributed by atoms with Gasteiger partial charge in [0.05, 0.1) is 25.9 Å². The fourth-order valence-corrected chi connectivity index (χ4v) is 1.82. The summed E-state index contributed by atoms with van der Waals surface area (Å²) < 4.78 is 5.47. The molecule has 0 aliphatic carbocycles. The van der Waals surface area contributed by atoms with E-state index in [0.717, 1.165) is 5.56 Å². The van der Waals surface area contributed by atoms with Gasteiger partial charge in [0, 0.05) is 19.6 Å². The molecule has 0 saturated heterocycles. The molecular weight excluding hydrogens is 242 g/mol. The Labute approximate surface area is 114 Å². The first-order chi connectivity index (χ1) is 9.26. The molecule has 0 aromatic heterocycles. The first kappa shape index (κ1) is 15.9. The monoisotopic (exact) mass is 265 g/mol. The number of ether oxygens (including phenoxy) is 1. The average Bonchev–Trinajstić information content (AvgIpc) is 2.40. The van der Waals surface area contributed by atoms with E-state index in [-0.39, 0.29) is 13.2 Å². The molecule has 4 nitrogen and oxygen atoms in total. The van der Waals surface area contributed by atoms with Gasteiger partial charge in [0.2, 0.25) is 0 Å². The number of nitrogens with zero attached hydrogens (tertiary/aromatic N) is 1. The van der Waals surface area contributed by atoms with Crippen molar-refractivity contribution in [3.05, 3.63) is 48.6 Å². The van der Waals surface area contributed by atoms with Gasteiger partial charge in [-0.3, -0.25) is 4.90 Å². The maximum absolute atomic E-state index is 9.87. The second kappa shape index (κ2) is 9.69. The van der Waals surface area contributed by atoms with E-state index in [4.69, 9.17) is 9.84 Å². The lowest BCUT2D eigenvalue weighted by Crippen LogP contribution is -2.36. The summed E-state index contributed by atoms with van der Waals surface area (Å²) in [4.78, 5) is 1.93. The van der Waals surface area contributed by atoms with Crippen LogP contribution < -0.4 is 0 Å². The molecule has 0 spiro atoms. The van der Waals surface area contributed by atoms with E-state index in [1.54, 1.807) is 6.08 Å². The molecule has 1 aromatic carbocycles. The SMILES string of the molecule is C=CCN(CCO)CC(O)COCc1ccccc1. The van der Waals surface area contributed by atoms with Gasteiger partial charge in [0.15, 0.2) is 0 Å². The van der Waals surface area contributed by atoms with Crippen LogP contribution in [0.4, 0.5) is 0 Å². The third kappa shape index (κ3) is 7.08. The number of hydrogen-bond acceptors (Lipinski definition) is 4. The molecule has 106 valence electrons. The molecule has 4 heteroatoms. The maximum atomic E-state index is 9.87. The van der Waals surface area contributed by atoms with Gasteiger partial charge in [-0.1, -0.05) is 36.4 Å². The zero-order valence-corrected chi connectivity index (χ0v) is 11.2. The Morgan fingerprint density at radius 3 is 2.68 bits per heavy atom. The second-order valence-electron chi connectivity index (χ2n) is 4.43. The summed E-state index contributed by atoms with van der Waals surface area (Å²) in [5, 5.41) is 18.8. The zero-order chi connectivity index (χ0) is 13.9. The quantitative estimate of drug-likeness (QED) is 0.621. The molecule has 1 aromatic rings. The van der Waals surface area contributed by atoms with E-state index in [0.29, 0.717) is 26.2 Å². The normalized spacial score (nSPS) is 12.6. The number of aliphatic hydroxyl groups excluding tert-OH is 2. The van der Waals surface area contributed by atoms with Crippen LogP contribution in [0.25, 0.3) is 0 Å². The van der Waals surface area contributed by atoms with E-state index in [1.807, 2.05) is 35.2 Å². The van der Waals surface area contributed by atoms with Crippen molar-refractivity contribution in [1.29, 1.82) is 0 Å². The Hall–Kier alpha value is -1.20. The fourth-order valence-electron chi connectivity index (χ4n) is 1.82. The van der Waals surface area contributed by atoms with Crippen molar-refractivity contribution >= 4 is 0 Å². The Morgan fingerprint density at radius 1 is 1.32 bits per heavy atom. The molecule has 1 unspecified atom stereocenters. The highest BCUT2D eigenvalue weighted by Crippen LogP contribution is 2.01. The Balaban J connectivity index is 2.22. The Bertz CT molecular complexity index is 343. The van der Waals surface area contributed by atoms with Crippen LogP contribution in [-0.4, -0.2) is 54.1 Å². The van der Waals surface area contributed by atoms with Crippen LogP contribution in [0, 0.1) is 0 Å². The lowest BCUT2D eigenvalue weighted by Gasteiger charge is -2.22. The lowest BCUT2D eigenvalue weighted by molar-refractivity contribution is 0.00959. The summed E-state index contributed by atoms with van der Waals surface area (Å²) in [6.07, 6.45) is 1.20. The lowest BCUT2D eigenvalue weighted by atomic mass is 10.2. The highest BCUT2D eigenvalue weighted by Gasteiger charge is 2.10. The van der Waals surface area contributed by atoms with Crippen LogP contribution in [0.15, 0.2) is 43.0 Å². The summed E-state index contributed by atoms with van der Waals surface area (Å²) in [6, 6.07) is 9.86. The van der Waals surface area contributed by atoms with E-state index < -0.39 is 6.10 Å². The number of hydrogen-bond donors (Lipinski definition) is 2. The van der Waals surface area contributed by atoms with Crippen LogP contribution in [0.3, 0.4) is 0 Å². The molecule has 0 amide bonds. The van der Waals surface area contributed by atoms with Crippen molar-refractivity contribution < 1.29 is 14.9 Å². The molecule has 0 aliphatic heterocycles. The van der Waals surface area contributed by atoms with Crippen molar-refractivity contribution in [1.82, 2.24) is 4.90 Å². The van der Waals surface area contributed by atoms with E-state index in [9.17, 15) is 5.11 Å². The number of rotatable bonds is 10. The third-order valence-corrected chi connectivity index (χ3v) is 2.69. The van der Waals surface area contributed by atoms with Crippen molar-refractivity contribution in [3.8, 4) is 0 Å². The summed E-state index contributed by atoms with van der Waals surface area (Å²) in [5.41, 5.74) is 1.09. The van der Waals surface area contributed by atoms with Crippen LogP contribution in [-0.2, 0) is 11.3 Å². The molecule has 0 aliphatic rings. The minimum atomic E-state index is -0.560. The Morgan fingerprint density at radius 2 is 2.05 bits per heavy atom. The summed E-state index contributed by atoms with van der Waals surface area (Å²) >= 11 is 0. The molecule has 0 heterocycles. The standard InChI is InChI=1S/C15H23NO3/c1-2-8-16(9-10-17)11-15(18)13-19-12-14-6-4-3-5-7-14/h2-7,15,17-18H,1,8-13H2. The number of aliphatic hydroxyl groups is 2. The van der Waals surface area contributed by atoms with Crippen LogP contribution >= 0.6 is 0 Å². The summed E-state index contributed by atoms with van der Waals surface area (Å²) in [5.74, 6) is 0. The highest BCUT2D eigenvalue weighted by atomic mass is 16.5. The molecular formula is C15H23NO3. The minimum absolute atomic E-state index is 0.0748. The van der Waals surface area contributed by atoms with Gasteiger partial charge in [-0.15, -0.1) is 6.58 Å². The maximum Gasteiger partial charge on any atom is 0.0900 e. The van der Waals surface area contributed by atoms with Crippen molar-refractivity contribution in [2.24, 2.45) is 0 Å². The predicted octanol–water partition coefficient (Wildman–Crippen LogP) is 1.04. The molecule has 1 atom stereocenters. The first-order valence-electron chi connectivity index (χ1n) is 6.50. The minimum Gasteiger partial charge on any atom is -0.395 e. The van der Waals surface area contributed by atoms with Gasteiger partial charge >= 0.3 is 0 Å². The van der Waals surface area contributed by atoms with Gasteiger partial charge < -0.3 is 14.9 Å². The molecule has 1 rings (SSSR count). The fraction of sp³-hybridized carbons (Fsp3) is 0.467. The van der Waals surface area contributed by atoms with Crippen LogP contribution in [0.5, 0.6) is 0 Å². The second-order valence-corrected chi connectivity index (χ2v) is 4.43. The zero-order valence-electron chi connectivity index (χ0n) is 11.2. The molecule has 0 bridgehead atoms. The average molecular weight is 265 g/mol. The number of benzene rings is 1. The van der Waals surface area contributed by atoms with Gasteiger partial charge in [0.25, 0.3) is 0 Å². The first-order valence-corrected chi connectivity index (χ1v) is 6.50. The highest BCUT2D eigenvalue weighted by molar-refractivity contribution is 5.13. The summed E-state index contributed by atoms with van der Waals surface area (Å²) in [7, 11) is 0. The topological polar surface area (TPSA) is 52.9 Å². The van der Waals surface area contributed by atoms with Gasteiger partial charge in [-0.05, 0) is 5.56 Å². The molecule has 0 radical (unpaired) electrons. The van der Waals surface area contributed by atoms with Crippen molar-refractivity contribution in [3.63, 3.8) is 0 Å². The van der Waals surface area contributed by atoms with E-state index in [2.05, 4.69) is 6.58 Å². The van der Waals surface area contributed by atoms with Crippen molar-refractivity contribution in [2.45, 2.75) is 12.7 Å². The molecule has 0 saturated carbocycles. The van der Waals surface area contributed by atoms with Gasteiger partial charge in [-0.2, -0.15) is 0 Å². The van der Waals surface area contributed by atoms with Crippen molar-refractivity contribution in [2.75, 3.05) is 32.8 Å². The molecule has 2 N–H and O–H groups in total. The Kier molecular flexibility index (Phi) is 8.09. The van der Waals surface area contributed by atoms with E-state index >= 15 is 0 Å². The third-order valence-electron chi connectivity index (χ3n) is 2.69. The largest absolute Gasteiger partial charge is 0.395 e. The summed E-state index contributed by atoms with van der Waals surface area (Å²) in [6.45, 7) is 6.17. The molecule has 0 fully saturated rings. The van der Waals surface area contributed by atoms with Crippen LogP contribution in [0.1, 0.15) is 5.56 Å². The van der Waals surface area contributed by atoms with Gasteiger partial charge in [-0.25, -0.2) is 0 Å². The predicted molar refractivity (Wildman–Crippen MR) is 75.8 cm³/mol. The van der Waals surface area contributed by atoms with Gasteiger partial charge in [0.1, 0.15) is 0 Å². The van der Waals surface area contributed by atoms with Crippen LogP contribution in [0.2, 0.25) is 0 Å². The smallest absolute Gasteiger partial charge is 0.0900 e. The van der Waals surface area contributed by atoms with E-state index in [1.165, 1.54) is 0 Å².